The molecular weight excluding hydrogens is 264 g/mol. The molecule has 2 aromatic rings. The normalized spacial score (nSPS) is 12.2. The van der Waals surface area contributed by atoms with E-state index in [9.17, 15) is 0 Å². The van der Waals surface area contributed by atoms with E-state index in [1.54, 1.807) is 0 Å². The second-order valence-corrected chi connectivity index (χ2v) is 7.58. The molecule has 0 aliphatic rings. The van der Waals surface area contributed by atoms with Gasteiger partial charge in [-0.1, -0.05) is 84.0 Å². The molecule has 0 radical (unpaired) electrons. The van der Waals surface area contributed by atoms with Gasteiger partial charge in [-0.3, -0.25) is 0 Å². The summed E-state index contributed by atoms with van der Waals surface area (Å²) in [5, 5.41) is 0. The van der Waals surface area contributed by atoms with Crippen LogP contribution in [-0.2, 0) is 5.41 Å². The molecule has 0 nitrogen and oxygen atoms in total. The highest BCUT2D eigenvalue weighted by molar-refractivity contribution is 5.47. The van der Waals surface area contributed by atoms with Crippen LogP contribution in [0.15, 0.2) is 42.5 Å². The van der Waals surface area contributed by atoms with Crippen molar-refractivity contribution >= 4 is 0 Å². The summed E-state index contributed by atoms with van der Waals surface area (Å²) in [6, 6.07) is 15.7. The third kappa shape index (κ3) is 3.11. The summed E-state index contributed by atoms with van der Waals surface area (Å²) in [6.07, 6.45) is 0. The molecule has 22 heavy (non-hydrogen) atoms. The highest BCUT2D eigenvalue weighted by Crippen LogP contribution is 2.37. The van der Waals surface area contributed by atoms with Crippen molar-refractivity contribution in [1.82, 2.24) is 0 Å². The van der Waals surface area contributed by atoms with Crippen LogP contribution in [0.25, 0.3) is 0 Å². The van der Waals surface area contributed by atoms with E-state index in [2.05, 4.69) is 90.9 Å². The van der Waals surface area contributed by atoms with Crippen LogP contribution < -0.4 is 0 Å². The fourth-order valence-electron chi connectivity index (χ4n) is 3.34. The van der Waals surface area contributed by atoms with Gasteiger partial charge in [0.1, 0.15) is 0 Å². The van der Waals surface area contributed by atoms with Crippen LogP contribution in [0.2, 0.25) is 0 Å². The van der Waals surface area contributed by atoms with E-state index in [-0.39, 0.29) is 5.41 Å². The predicted molar refractivity (Wildman–Crippen MR) is 97.9 cm³/mol. The Bertz CT molecular complexity index is 601. The Labute approximate surface area is 136 Å². The maximum absolute atomic E-state index is 2.43. The lowest BCUT2D eigenvalue weighted by Crippen LogP contribution is -2.20. The van der Waals surface area contributed by atoms with Gasteiger partial charge in [-0.25, -0.2) is 0 Å². The van der Waals surface area contributed by atoms with E-state index in [1.165, 1.54) is 27.8 Å². The average Bonchev–Trinajstić information content (AvgIpc) is 2.47. The Morgan fingerprint density at radius 1 is 0.727 bits per heavy atom. The third-order valence-corrected chi connectivity index (χ3v) is 4.95. The topological polar surface area (TPSA) is 0 Å². The first-order valence-electron chi connectivity index (χ1n) is 8.45. The summed E-state index contributed by atoms with van der Waals surface area (Å²) in [5.41, 5.74) is 7.29. The van der Waals surface area contributed by atoms with Gasteiger partial charge in [0.25, 0.3) is 0 Å². The largest absolute Gasteiger partial charge is 0.0622 e. The molecule has 0 bridgehead atoms. The summed E-state index contributed by atoms with van der Waals surface area (Å²) < 4.78 is 0. The molecule has 0 heteroatoms. The first kappa shape index (κ1) is 16.8. The summed E-state index contributed by atoms with van der Waals surface area (Å²) in [5.74, 6) is 1.12. The van der Waals surface area contributed by atoms with Crippen LogP contribution >= 0.6 is 0 Å². The molecule has 2 rings (SSSR count). The Morgan fingerprint density at radius 2 is 1.18 bits per heavy atom. The summed E-state index contributed by atoms with van der Waals surface area (Å²) in [4.78, 5) is 0. The van der Waals surface area contributed by atoms with Crippen LogP contribution in [0.3, 0.4) is 0 Å². The minimum atomic E-state index is 0.0300. The van der Waals surface area contributed by atoms with Crippen molar-refractivity contribution in [2.24, 2.45) is 0 Å². The molecule has 0 spiro atoms. The van der Waals surface area contributed by atoms with Crippen LogP contribution in [-0.4, -0.2) is 0 Å². The maximum atomic E-state index is 2.43. The third-order valence-electron chi connectivity index (χ3n) is 4.95. The van der Waals surface area contributed by atoms with E-state index < -0.39 is 0 Å². The zero-order chi connectivity index (χ0) is 16.5. The second kappa shape index (κ2) is 6.28. The zero-order valence-corrected chi connectivity index (χ0v) is 15.2. The summed E-state index contributed by atoms with van der Waals surface area (Å²) >= 11 is 0. The molecule has 0 aliphatic heterocycles. The van der Waals surface area contributed by atoms with E-state index in [0.717, 1.165) is 0 Å². The minimum absolute atomic E-state index is 0.0300. The average molecular weight is 294 g/mol. The van der Waals surface area contributed by atoms with Crippen LogP contribution in [0, 0.1) is 6.92 Å². The van der Waals surface area contributed by atoms with Gasteiger partial charge < -0.3 is 0 Å². The predicted octanol–water partition coefficient (Wildman–Crippen LogP) is 6.57. The molecule has 0 aromatic heterocycles. The van der Waals surface area contributed by atoms with Gasteiger partial charge in [0, 0.05) is 5.41 Å². The van der Waals surface area contributed by atoms with Crippen LogP contribution in [0.5, 0.6) is 0 Å². The van der Waals surface area contributed by atoms with E-state index in [1.807, 2.05) is 0 Å². The number of rotatable bonds is 4. The molecule has 0 atom stereocenters. The van der Waals surface area contributed by atoms with Gasteiger partial charge in [-0.2, -0.15) is 0 Å². The minimum Gasteiger partial charge on any atom is -0.0622 e. The van der Waals surface area contributed by atoms with Gasteiger partial charge >= 0.3 is 0 Å². The lowest BCUT2D eigenvalue weighted by Gasteiger charge is -2.29. The van der Waals surface area contributed by atoms with E-state index >= 15 is 0 Å². The molecule has 0 saturated heterocycles. The molecule has 0 aliphatic carbocycles. The van der Waals surface area contributed by atoms with Crippen molar-refractivity contribution in [3.05, 3.63) is 70.3 Å². The van der Waals surface area contributed by atoms with Crippen LogP contribution in [0.4, 0.5) is 0 Å². The smallest absolute Gasteiger partial charge is 0.0146 e. The quantitative estimate of drug-likeness (QED) is 0.598. The van der Waals surface area contributed by atoms with Gasteiger partial charge in [0.2, 0.25) is 0 Å². The molecule has 0 unspecified atom stereocenters. The first-order valence-corrected chi connectivity index (χ1v) is 8.45. The summed E-state index contributed by atoms with van der Waals surface area (Å²) in [6.45, 7) is 16.1. The SMILES string of the molecule is Cc1c(C(C)C)cc(C(C)(C)c2ccccc2)cc1C(C)C. The number of hydrogen-bond acceptors (Lipinski definition) is 0. The molecule has 0 heterocycles. The molecule has 2 aromatic carbocycles. The molecular formula is C22H30. The fraction of sp³-hybridized carbons (Fsp3) is 0.455. The highest BCUT2D eigenvalue weighted by Gasteiger charge is 2.25. The summed E-state index contributed by atoms with van der Waals surface area (Å²) in [7, 11) is 0. The number of benzene rings is 2. The van der Waals surface area contributed by atoms with Crippen molar-refractivity contribution in [1.29, 1.82) is 0 Å². The van der Waals surface area contributed by atoms with Crippen molar-refractivity contribution in [2.45, 2.75) is 65.7 Å². The van der Waals surface area contributed by atoms with Crippen molar-refractivity contribution in [3.8, 4) is 0 Å². The van der Waals surface area contributed by atoms with Crippen LogP contribution in [0.1, 0.15) is 81.2 Å². The molecule has 0 amide bonds. The Hall–Kier alpha value is -1.56. The lowest BCUT2D eigenvalue weighted by atomic mass is 9.75. The van der Waals surface area contributed by atoms with E-state index in [0.29, 0.717) is 11.8 Å². The molecule has 118 valence electrons. The van der Waals surface area contributed by atoms with Crippen molar-refractivity contribution in [2.75, 3.05) is 0 Å². The second-order valence-electron chi connectivity index (χ2n) is 7.58. The number of hydrogen-bond donors (Lipinski definition) is 0. The molecule has 0 fully saturated rings. The standard InChI is InChI=1S/C22H30/c1-15(2)20-13-19(14-21(16(3)4)17(20)5)22(6,7)18-11-9-8-10-12-18/h8-16H,1-7H3. The molecule has 0 saturated carbocycles. The first-order chi connectivity index (χ1) is 10.2. The Morgan fingerprint density at radius 3 is 1.59 bits per heavy atom. The maximum Gasteiger partial charge on any atom is 0.0146 e. The molecule has 0 N–H and O–H groups in total. The Balaban J connectivity index is 2.65. The lowest BCUT2D eigenvalue weighted by molar-refractivity contribution is 0.634. The monoisotopic (exact) mass is 294 g/mol. The zero-order valence-electron chi connectivity index (χ0n) is 15.2. The van der Waals surface area contributed by atoms with Crippen molar-refractivity contribution in [3.63, 3.8) is 0 Å². The van der Waals surface area contributed by atoms with Gasteiger partial charge in [-0.05, 0) is 46.6 Å². The van der Waals surface area contributed by atoms with Gasteiger partial charge in [0.05, 0.1) is 0 Å². The van der Waals surface area contributed by atoms with Gasteiger partial charge in [0.15, 0.2) is 0 Å². The van der Waals surface area contributed by atoms with Crippen molar-refractivity contribution < 1.29 is 0 Å². The Kier molecular flexibility index (Phi) is 4.80. The van der Waals surface area contributed by atoms with Gasteiger partial charge in [-0.15, -0.1) is 0 Å². The highest BCUT2D eigenvalue weighted by atomic mass is 14.3. The van der Waals surface area contributed by atoms with E-state index in [4.69, 9.17) is 0 Å². The fourth-order valence-corrected chi connectivity index (χ4v) is 3.34.